The summed E-state index contributed by atoms with van der Waals surface area (Å²) < 4.78 is 37.5. The topological polar surface area (TPSA) is 191 Å². The van der Waals surface area contributed by atoms with Gasteiger partial charge in [-0.15, -0.1) is 0 Å². The fraction of sp³-hybridized carbons (Fsp3) is 0.397. The summed E-state index contributed by atoms with van der Waals surface area (Å²) in [4.78, 5) is 69.1. The molecule has 0 saturated carbocycles. The minimum Gasteiger partial charge on any atom is -0.453 e. The highest BCUT2D eigenvalue weighted by Crippen LogP contribution is 2.56. The molecule has 0 bridgehead atoms. The van der Waals surface area contributed by atoms with Crippen LogP contribution in [0.25, 0.3) is 11.3 Å². The molecule has 4 atom stereocenters. The molecule has 1 fully saturated rings. The van der Waals surface area contributed by atoms with E-state index in [1.165, 1.54) is 7.11 Å². The number of hydrogen-bond donors (Lipinski definition) is 3. The molecule has 16 nitrogen and oxygen atoms in total. The van der Waals surface area contributed by atoms with E-state index in [0.717, 1.165) is 33.5 Å². The molecule has 1 aliphatic rings. The minimum absolute atomic E-state index is 0.00732. The zero-order chi connectivity index (χ0) is 57.5. The molecule has 0 aliphatic carbocycles. The predicted molar refractivity (Wildman–Crippen MR) is 310 cm³/mol. The highest BCUT2D eigenvalue weighted by molar-refractivity contribution is 7.48. The molecular weight excluding hydrogens is 1030 g/mol. The second kappa shape index (κ2) is 27.3. The van der Waals surface area contributed by atoms with Crippen molar-refractivity contribution in [2.24, 2.45) is 10.8 Å². The van der Waals surface area contributed by atoms with Crippen molar-refractivity contribution in [2.75, 3.05) is 20.2 Å². The van der Waals surface area contributed by atoms with Gasteiger partial charge in [-0.25, -0.2) is 14.2 Å². The lowest BCUT2D eigenvalue weighted by atomic mass is 9.84. The molecule has 2 aromatic heterocycles. The average Bonchev–Trinajstić information content (AvgIpc) is 3.87. The summed E-state index contributed by atoms with van der Waals surface area (Å²) in [7, 11) is -2.94. The Balaban J connectivity index is 1.07. The lowest BCUT2D eigenvalue weighted by molar-refractivity contribution is -0.129. The number of rotatable bonds is 25. The van der Waals surface area contributed by atoms with Gasteiger partial charge in [0.05, 0.1) is 44.0 Å². The summed E-state index contributed by atoms with van der Waals surface area (Å²) >= 11 is 0. The van der Waals surface area contributed by atoms with E-state index in [-0.39, 0.29) is 37.6 Å². The maximum absolute atomic E-state index is 15.0. The van der Waals surface area contributed by atoms with E-state index in [1.807, 2.05) is 187 Å². The van der Waals surface area contributed by atoms with Crippen LogP contribution in [0.2, 0.25) is 0 Å². The molecule has 3 heterocycles. The van der Waals surface area contributed by atoms with Crippen LogP contribution in [0.1, 0.15) is 102 Å². The van der Waals surface area contributed by atoms with Crippen molar-refractivity contribution < 1.29 is 42.1 Å². The van der Waals surface area contributed by atoms with E-state index in [1.54, 1.807) is 35.9 Å². The SMILES string of the molecule is COC(=O)N[C@H](C(=O)N[C@H](CC[C@@H](Cc1ccccc1)NC(=O)[C@@H](N1CCN(Cc2cccc(C(C)(C)OP(=O)(OCc3ccccc3)OCc3ccccc3)n2)C1=O)C(C)(C)C)Cc1ccc(-c2ccccn2)cc1)C(C)(C)C. The molecule has 4 aromatic carbocycles. The number of benzene rings is 4. The number of ether oxygens (including phenoxy) is 1. The number of amides is 5. The van der Waals surface area contributed by atoms with Gasteiger partial charge in [0.25, 0.3) is 0 Å². The number of carbonyl (C=O) groups excluding carboxylic acids is 4. The van der Waals surface area contributed by atoms with Gasteiger partial charge >= 0.3 is 19.9 Å². The van der Waals surface area contributed by atoms with Gasteiger partial charge in [0.1, 0.15) is 17.7 Å². The highest BCUT2D eigenvalue weighted by Gasteiger charge is 2.45. The number of hydrogen-bond acceptors (Lipinski definition) is 11. The van der Waals surface area contributed by atoms with Crippen LogP contribution in [0.3, 0.4) is 0 Å². The first kappa shape index (κ1) is 60.4. The summed E-state index contributed by atoms with van der Waals surface area (Å²) in [5.74, 6) is -0.647. The Morgan fingerprint density at radius 1 is 0.613 bits per heavy atom. The average molecular weight is 1110 g/mol. The Morgan fingerprint density at radius 3 is 1.68 bits per heavy atom. The third-order valence-electron chi connectivity index (χ3n) is 13.9. The van der Waals surface area contributed by atoms with Crippen LogP contribution >= 0.6 is 7.82 Å². The second-order valence-corrected chi connectivity index (χ2v) is 24.6. The summed E-state index contributed by atoms with van der Waals surface area (Å²) in [5.41, 5.74) is 3.81. The van der Waals surface area contributed by atoms with Gasteiger partial charge in [0.2, 0.25) is 11.8 Å². The van der Waals surface area contributed by atoms with Crippen molar-refractivity contribution in [3.8, 4) is 11.3 Å². The summed E-state index contributed by atoms with van der Waals surface area (Å²) in [6.45, 7) is 15.8. The monoisotopic (exact) mass is 1110 g/mol. The molecule has 1 aliphatic heterocycles. The molecule has 0 unspecified atom stereocenters. The number of methoxy groups -OCH3 is 1. The van der Waals surface area contributed by atoms with Gasteiger partial charge < -0.3 is 30.5 Å². The number of aromatic nitrogens is 2. The van der Waals surface area contributed by atoms with Crippen molar-refractivity contribution in [1.82, 2.24) is 35.7 Å². The zero-order valence-electron chi connectivity index (χ0n) is 47.6. The van der Waals surface area contributed by atoms with Crippen LogP contribution in [0, 0.1) is 10.8 Å². The third-order valence-corrected chi connectivity index (χ3v) is 15.5. The van der Waals surface area contributed by atoms with Crippen molar-refractivity contribution in [1.29, 1.82) is 0 Å². The van der Waals surface area contributed by atoms with Crippen molar-refractivity contribution in [2.45, 2.75) is 131 Å². The first-order valence-electron chi connectivity index (χ1n) is 27.3. The van der Waals surface area contributed by atoms with Gasteiger partial charge in [-0.1, -0.05) is 169 Å². The molecular formula is C63H78N7O9P. The summed E-state index contributed by atoms with van der Waals surface area (Å²) in [5, 5.41) is 9.37. The first-order chi connectivity index (χ1) is 38.1. The number of carbonyl (C=O) groups is 4. The van der Waals surface area contributed by atoms with E-state index in [9.17, 15) is 23.7 Å². The highest BCUT2D eigenvalue weighted by atomic mass is 31.2. The minimum atomic E-state index is -4.21. The second-order valence-electron chi connectivity index (χ2n) is 23.0. The molecule has 6 aromatic rings. The fourth-order valence-electron chi connectivity index (χ4n) is 9.76. The molecule has 0 spiro atoms. The summed E-state index contributed by atoms with van der Waals surface area (Å²) in [6.07, 6.45) is 2.93. The Hall–Kier alpha value is -7.23. The predicted octanol–water partition coefficient (Wildman–Crippen LogP) is 11.6. The Kier molecular flexibility index (Phi) is 20.6. The van der Waals surface area contributed by atoms with E-state index in [4.69, 9.17) is 23.3 Å². The summed E-state index contributed by atoms with van der Waals surface area (Å²) in [6, 6.07) is 45.0. The molecule has 5 amide bonds. The van der Waals surface area contributed by atoms with Crippen molar-refractivity contribution >= 4 is 31.8 Å². The molecule has 17 heteroatoms. The number of alkyl carbamates (subject to hydrolysis) is 1. The molecule has 80 heavy (non-hydrogen) atoms. The van der Waals surface area contributed by atoms with E-state index in [0.29, 0.717) is 50.2 Å². The number of nitrogens with zero attached hydrogens (tertiary/aromatic N) is 4. The van der Waals surface area contributed by atoms with Crippen LogP contribution in [-0.2, 0) is 70.7 Å². The maximum Gasteiger partial charge on any atom is 0.476 e. The van der Waals surface area contributed by atoms with Crippen LogP contribution in [-0.4, -0.2) is 88.1 Å². The number of phosphoric ester groups is 1. The lowest BCUT2D eigenvalue weighted by Gasteiger charge is -2.37. The van der Waals surface area contributed by atoms with Crippen LogP contribution in [0.4, 0.5) is 9.59 Å². The quantitative estimate of drug-likeness (QED) is 0.0462. The molecule has 0 radical (unpaired) electrons. The van der Waals surface area contributed by atoms with Gasteiger partial charge in [-0.2, -0.15) is 0 Å². The van der Waals surface area contributed by atoms with E-state index >= 15 is 0 Å². The first-order valence-corrected chi connectivity index (χ1v) is 28.7. The number of pyridine rings is 2. The fourth-order valence-corrected chi connectivity index (χ4v) is 11.2. The third kappa shape index (κ3) is 17.4. The van der Waals surface area contributed by atoms with Gasteiger partial charge in [-0.3, -0.25) is 33.1 Å². The van der Waals surface area contributed by atoms with Crippen LogP contribution in [0.5, 0.6) is 0 Å². The molecule has 3 N–H and O–H groups in total. The molecule has 7 rings (SSSR count). The van der Waals surface area contributed by atoms with Gasteiger partial charge in [0.15, 0.2) is 0 Å². The largest absolute Gasteiger partial charge is 0.476 e. The Morgan fingerprint density at radius 2 is 1.15 bits per heavy atom. The van der Waals surface area contributed by atoms with Crippen molar-refractivity contribution in [3.05, 3.63) is 191 Å². The maximum atomic E-state index is 15.0. The standard InChI is InChI=1S/C63H78N7O9P/c1-61(2,3)55(68-59(73)76-9)57(71)66-50(41-46-31-33-49(34-32-46)53-29-19-20-37-64-53)35-36-51(40-45-22-13-10-14-23-45)67-58(72)56(62(4,5)6)70-39-38-69(60(70)74)42-52-28-21-30-54(65-52)63(7,8)79-80(75,77-43-47-24-15-11-16-25-47)78-44-48-26-17-12-18-27-48/h10-34,37,50-51,55-56H,35-36,38-44H2,1-9H3,(H,66,71)(H,67,72)(H,68,73)/t50-,51+,55-,56-/m1/s1. The van der Waals surface area contributed by atoms with Gasteiger partial charge in [0, 0.05) is 36.9 Å². The van der Waals surface area contributed by atoms with E-state index < -0.39 is 54.5 Å². The normalized spacial score (nSPS) is 14.7. The Labute approximate surface area is 472 Å². The van der Waals surface area contributed by atoms with Crippen LogP contribution < -0.4 is 16.0 Å². The number of nitrogens with one attached hydrogen (secondary N) is 3. The molecule has 424 valence electrons. The van der Waals surface area contributed by atoms with E-state index in [2.05, 4.69) is 20.9 Å². The van der Waals surface area contributed by atoms with Crippen molar-refractivity contribution in [3.63, 3.8) is 0 Å². The smallest absolute Gasteiger partial charge is 0.453 e. The number of phosphoric acid groups is 1. The zero-order valence-corrected chi connectivity index (χ0v) is 48.5. The van der Waals surface area contributed by atoms with Gasteiger partial charge in [-0.05, 0) is 96.9 Å². The van der Waals surface area contributed by atoms with Crippen LogP contribution in [0.15, 0.2) is 158 Å². The Bertz CT molecular complexity index is 2960. The molecule has 1 saturated heterocycles. The lowest BCUT2D eigenvalue weighted by Crippen LogP contribution is -2.57. The number of urea groups is 1.